The normalized spacial score (nSPS) is 12.0. The number of amides is 1. The van der Waals surface area contributed by atoms with Gasteiger partial charge in [0.15, 0.2) is 5.78 Å². The third kappa shape index (κ3) is 4.45. The zero-order chi connectivity index (χ0) is 17.0. The molecule has 23 heavy (non-hydrogen) atoms. The van der Waals surface area contributed by atoms with Gasteiger partial charge in [0.05, 0.1) is 6.54 Å². The fourth-order valence-corrected chi connectivity index (χ4v) is 2.17. The predicted octanol–water partition coefficient (Wildman–Crippen LogP) is 3.20. The van der Waals surface area contributed by atoms with Crippen LogP contribution in [0.5, 0.6) is 0 Å². The summed E-state index contributed by atoms with van der Waals surface area (Å²) in [6.07, 6.45) is -2.58. The van der Waals surface area contributed by atoms with Crippen molar-refractivity contribution in [1.82, 2.24) is 9.88 Å². The molecule has 1 heterocycles. The molecule has 4 nitrogen and oxygen atoms in total. The molecule has 0 fully saturated rings. The number of carbonyl (C=O) groups is 2. The molecule has 0 radical (unpaired) electrons. The molecule has 7 heteroatoms. The molecule has 1 N–H and O–H groups in total. The number of H-pyrrole nitrogens is 1. The van der Waals surface area contributed by atoms with Gasteiger partial charge in [-0.25, -0.2) is 0 Å². The molecule has 0 aliphatic carbocycles. The van der Waals surface area contributed by atoms with Gasteiger partial charge in [-0.3, -0.25) is 9.59 Å². The van der Waals surface area contributed by atoms with Crippen LogP contribution in [-0.4, -0.2) is 34.3 Å². The van der Waals surface area contributed by atoms with Crippen LogP contribution >= 0.6 is 0 Å². The second-order valence-electron chi connectivity index (χ2n) is 5.08. The summed E-state index contributed by atoms with van der Waals surface area (Å²) < 4.78 is 38.1. The number of alkyl halides is 3. The molecule has 1 aromatic carbocycles. The van der Waals surface area contributed by atoms with E-state index in [-0.39, 0.29) is 18.9 Å². The minimum atomic E-state index is -4.96. The zero-order valence-corrected chi connectivity index (χ0v) is 12.4. The second kappa shape index (κ2) is 6.68. The van der Waals surface area contributed by atoms with Gasteiger partial charge in [0, 0.05) is 17.8 Å². The van der Waals surface area contributed by atoms with E-state index in [4.69, 9.17) is 0 Å². The van der Waals surface area contributed by atoms with Crippen molar-refractivity contribution in [3.63, 3.8) is 0 Å². The number of nitrogens with zero attached hydrogens (tertiary/aromatic N) is 1. The third-order valence-electron chi connectivity index (χ3n) is 3.16. The lowest BCUT2D eigenvalue weighted by atomic mass is 10.2. The van der Waals surface area contributed by atoms with Crippen molar-refractivity contribution in [2.75, 3.05) is 6.54 Å². The van der Waals surface area contributed by atoms with E-state index in [1.54, 1.807) is 18.2 Å². The van der Waals surface area contributed by atoms with Crippen molar-refractivity contribution in [3.05, 3.63) is 48.2 Å². The number of rotatable bonds is 5. The van der Waals surface area contributed by atoms with Gasteiger partial charge in [0.25, 0.3) is 0 Å². The van der Waals surface area contributed by atoms with Gasteiger partial charge < -0.3 is 9.88 Å². The molecule has 122 valence electrons. The van der Waals surface area contributed by atoms with Crippen LogP contribution in [0.1, 0.15) is 12.6 Å². The van der Waals surface area contributed by atoms with Crippen molar-refractivity contribution in [2.24, 2.45) is 0 Å². The van der Waals surface area contributed by atoms with E-state index in [1.165, 1.54) is 13.0 Å². The first-order valence-electron chi connectivity index (χ1n) is 6.87. The molecule has 1 amide bonds. The number of benzene rings is 1. The number of para-hydroxylation sites is 1. The highest BCUT2D eigenvalue weighted by atomic mass is 19.4. The van der Waals surface area contributed by atoms with Crippen LogP contribution in [0.25, 0.3) is 10.9 Å². The van der Waals surface area contributed by atoms with Gasteiger partial charge in [-0.05, 0) is 30.5 Å². The van der Waals surface area contributed by atoms with Crippen molar-refractivity contribution in [2.45, 2.75) is 19.6 Å². The fourth-order valence-electron chi connectivity index (χ4n) is 2.17. The van der Waals surface area contributed by atoms with Crippen LogP contribution in [0, 0.1) is 0 Å². The quantitative estimate of drug-likeness (QED) is 0.859. The van der Waals surface area contributed by atoms with E-state index in [1.807, 2.05) is 12.1 Å². The SMILES string of the molecule is CC(=O)/C=C/CN(Cc1cc2ccccc2[nH]1)C(=O)C(F)(F)F. The average Bonchev–Trinajstić information content (AvgIpc) is 2.86. The smallest absolute Gasteiger partial charge is 0.357 e. The number of carbonyl (C=O) groups excluding carboxylic acids is 2. The number of hydrogen-bond donors (Lipinski definition) is 1. The maximum Gasteiger partial charge on any atom is 0.471 e. The minimum absolute atomic E-state index is 0.227. The first kappa shape index (κ1) is 16.8. The lowest BCUT2D eigenvalue weighted by Crippen LogP contribution is -2.40. The molecule has 0 aliphatic rings. The molecule has 2 aromatic rings. The summed E-state index contributed by atoms with van der Waals surface area (Å²) in [5.41, 5.74) is 1.27. The molecule has 2 rings (SSSR count). The summed E-state index contributed by atoms with van der Waals surface area (Å²) >= 11 is 0. The van der Waals surface area contributed by atoms with Crippen LogP contribution in [-0.2, 0) is 16.1 Å². The van der Waals surface area contributed by atoms with Gasteiger partial charge in [0.2, 0.25) is 0 Å². The number of nitrogens with one attached hydrogen (secondary N) is 1. The Morgan fingerprint density at radius 2 is 1.96 bits per heavy atom. The highest BCUT2D eigenvalue weighted by Gasteiger charge is 2.42. The molecular formula is C16H15F3N2O2. The average molecular weight is 324 g/mol. The van der Waals surface area contributed by atoms with E-state index < -0.39 is 12.1 Å². The van der Waals surface area contributed by atoms with E-state index in [9.17, 15) is 22.8 Å². The van der Waals surface area contributed by atoms with Crippen LogP contribution in [0.4, 0.5) is 13.2 Å². The predicted molar refractivity (Wildman–Crippen MR) is 79.6 cm³/mol. The van der Waals surface area contributed by atoms with Gasteiger partial charge in [-0.2, -0.15) is 13.2 Å². The molecular weight excluding hydrogens is 309 g/mol. The number of halogens is 3. The maximum atomic E-state index is 12.7. The lowest BCUT2D eigenvalue weighted by molar-refractivity contribution is -0.185. The molecule has 0 bridgehead atoms. The Morgan fingerprint density at radius 1 is 1.26 bits per heavy atom. The number of fused-ring (bicyclic) bond motifs is 1. The molecule has 1 aromatic heterocycles. The van der Waals surface area contributed by atoms with Crippen LogP contribution < -0.4 is 0 Å². The standard InChI is InChI=1S/C16H15F3N2O2/c1-11(22)5-4-8-21(15(23)16(17,18)19)10-13-9-12-6-2-3-7-14(12)20-13/h2-7,9,20H,8,10H2,1H3/b5-4+. The zero-order valence-electron chi connectivity index (χ0n) is 12.4. The fraction of sp³-hybridized carbons (Fsp3) is 0.250. The first-order chi connectivity index (χ1) is 10.8. The number of ketones is 1. The van der Waals surface area contributed by atoms with E-state index in [2.05, 4.69) is 4.98 Å². The molecule has 0 atom stereocenters. The van der Waals surface area contributed by atoms with Crippen molar-refractivity contribution in [3.8, 4) is 0 Å². The number of allylic oxidation sites excluding steroid dienone is 1. The van der Waals surface area contributed by atoms with Gasteiger partial charge in [0.1, 0.15) is 0 Å². The molecule has 0 aliphatic heterocycles. The summed E-state index contributed by atoms with van der Waals surface area (Å²) in [6.45, 7) is 0.757. The maximum absolute atomic E-state index is 12.7. The Hall–Kier alpha value is -2.57. The summed E-state index contributed by atoms with van der Waals surface area (Å²) in [4.78, 5) is 26.0. The lowest BCUT2D eigenvalue weighted by Gasteiger charge is -2.21. The molecule has 0 spiro atoms. The topological polar surface area (TPSA) is 53.2 Å². The monoisotopic (exact) mass is 324 g/mol. The van der Waals surface area contributed by atoms with Crippen molar-refractivity contribution < 1.29 is 22.8 Å². The van der Waals surface area contributed by atoms with Crippen LogP contribution in [0.15, 0.2) is 42.5 Å². The highest BCUT2D eigenvalue weighted by molar-refractivity contribution is 5.87. The Bertz CT molecular complexity index is 714. The minimum Gasteiger partial charge on any atom is -0.357 e. The molecule has 0 saturated carbocycles. The summed E-state index contributed by atoms with van der Waals surface area (Å²) in [5, 5.41) is 0.848. The van der Waals surface area contributed by atoms with Crippen molar-refractivity contribution >= 4 is 22.6 Å². The molecule has 0 unspecified atom stereocenters. The van der Waals surface area contributed by atoms with Crippen LogP contribution in [0.3, 0.4) is 0 Å². The third-order valence-corrected chi connectivity index (χ3v) is 3.16. The van der Waals surface area contributed by atoms with E-state index >= 15 is 0 Å². The summed E-state index contributed by atoms with van der Waals surface area (Å²) in [5.74, 6) is -2.24. The Labute approximate surface area is 130 Å². The Balaban J connectivity index is 2.22. The van der Waals surface area contributed by atoms with Crippen molar-refractivity contribution in [1.29, 1.82) is 0 Å². The summed E-state index contributed by atoms with van der Waals surface area (Å²) in [7, 11) is 0. The summed E-state index contributed by atoms with van der Waals surface area (Å²) in [6, 6.07) is 8.93. The van der Waals surface area contributed by atoms with E-state index in [0.717, 1.165) is 17.0 Å². The second-order valence-corrected chi connectivity index (χ2v) is 5.08. The highest BCUT2D eigenvalue weighted by Crippen LogP contribution is 2.21. The number of aromatic nitrogens is 1. The number of hydrogen-bond acceptors (Lipinski definition) is 2. The van der Waals surface area contributed by atoms with Crippen LogP contribution in [0.2, 0.25) is 0 Å². The Kier molecular flexibility index (Phi) is 4.88. The van der Waals surface area contributed by atoms with Gasteiger partial charge >= 0.3 is 12.1 Å². The largest absolute Gasteiger partial charge is 0.471 e. The van der Waals surface area contributed by atoms with Gasteiger partial charge in [-0.1, -0.05) is 24.3 Å². The Morgan fingerprint density at radius 3 is 2.57 bits per heavy atom. The van der Waals surface area contributed by atoms with Gasteiger partial charge in [-0.15, -0.1) is 0 Å². The molecule has 0 saturated heterocycles. The van der Waals surface area contributed by atoms with E-state index in [0.29, 0.717) is 10.6 Å². The first-order valence-corrected chi connectivity index (χ1v) is 6.87. The number of aromatic amines is 1.